The minimum Gasteiger partial charge on any atom is -0.494 e. The number of para-hydroxylation sites is 1. The van der Waals surface area contributed by atoms with Gasteiger partial charge in [0.25, 0.3) is 5.56 Å². The average molecular weight is 270 g/mol. The fourth-order valence-electron chi connectivity index (χ4n) is 4.09. The number of hydrogen-bond acceptors (Lipinski definition) is 3. The molecule has 2 aliphatic rings. The molecule has 0 N–H and O–H groups in total. The maximum atomic E-state index is 12.7. The van der Waals surface area contributed by atoms with Crippen LogP contribution in [-0.4, -0.2) is 16.7 Å². The summed E-state index contributed by atoms with van der Waals surface area (Å²) in [5, 5.41) is 0.662. The summed E-state index contributed by atoms with van der Waals surface area (Å²) in [5.74, 6) is 2.15. The normalized spacial score (nSPS) is 28.1. The maximum Gasteiger partial charge on any atom is 0.261 e. The van der Waals surface area contributed by atoms with Crippen LogP contribution in [-0.2, 0) is 0 Å². The van der Waals surface area contributed by atoms with E-state index in [4.69, 9.17) is 4.74 Å². The second-order valence-electron chi connectivity index (χ2n) is 6.06. The first kappa shape index (κ1) is 11.9. The van der Waals surface area contributed by atoms with Crippen molar-refractivity contribution in [3.8, 4) is 5.75 Å². The number of rotatable bonds is 2. The van der Waals surface area contributed by atoms with Crippen LogP contribution in [0, 0.1) is 11.8 Å². The van der Waals surface area contributed by atoms with Crippen molar-refractivity contribution in [2.24, 2.45) is 11.8 Å². The van der Waals surface area contributed by atoms with Crippen molar-refractivity contribution in [2.75, 3.05) is 7.11 Å². The Labute approximate surface area is 117 Å². The van der Waals surface area contributed by atoms with Crippen molar-refractivity contribution in [3.63, 3.8) is 0 Å². The molecule has 1 aromatic heterocycles. The zero-order chi connectivity index (χ0) is 13.7. The summed E-state index contributed by atoms with van der Waals surface area (Å²) in [4.78, 5) is 17.2. The van der Waals surface area contributed by atoms with Crippen molar-refractivity contribution < 1.29 is 4.74 Å². The fraction of sp³-hybridized carbons (Fsp3) is 0.500. The number of fused-ring (bicyclic) bond motifs is 3. The predicted molar refractivity (Wildman–Crippen MR) is 77.0 cm³/mol. The standard InChI is InChI=1S/C16H18N2O2/c1-20-14-4-2-3-12-15(14)17-9-18(16(12)19)13-8-10-5-6-11(13)7-10/h2-4,9-11,13H,5-8H2,1H3. The number of benzene rings is 1. The minimum atomic E-state index is 0.0754. The molecule has 1 heterocycles. The quantitative estimate of drug-likeness (QED) is 0.843. The van der Waals surface area contributed by atoms with E-state index < -0.39 is 0 Å². The summed E-state index contributed by atoms with van der Waals surface area (Å²) in [6.07, 6.45) is 6.75. The van der Waals surface area contributed by atoms with Crippen LogP contribution in [0.5, 0.6) is 5.75 Å². The molecular formula is C16H18N2O2. The van der Waals surface area contributed by atoms with Gasteiger partial charge in [-0.15, -0.1) is 0 Å². The molecule has 3 atom stereocenters. The van der Waals surface area contributed by atoms with Crippen LogP contribution >= 0.6 is 0 Å². The van der Waals surface area contributed by atoms with E-state index in [2.05, 4.69) is 4.98 Å². The Morgan fingerprint density at radius 3 is 2.90 bits per heavy atom. The number of nitrogens with zero attached hydrogens (tertiary/aromatic N) is 2. The molecule has 0 amide bonds. The van der Waals surface area contributed by atoms with Gasteiger partial charge in [-0.25, -0.2) is 4.98 Å². The Hall–Kier alpha value is -1.84. The van der Waals surface area contributed by atoms with E-state index >= 15 is 0 Å². The average Bonchev–Trinajstić information content (AvgIpc) is 3.10. The molecule has 4 nitrogen and oxygen atoms in total. The zero-order valence-electron chi connectivity index (χ0n) is 11.6. The molecule has 20 heavy (non-hydrogen) atoms. The Bertz CT molecular complexity index is 722. The summed E-state index contributed by atoms with van der Waals surface area (Å²) >= 11 is 0. The lowest BCUT2D eigenvalue weighted by Gasteiger charge is -2.23. The molecule has 0 aliphatic heterocycles. The molecule has 2 bridgehead atoms. The van der Waals surface area contributed by atoms with Gasteiger partial charge in [0, 0.05) is 6.04 Å². The molecule has 4 heteroatoms. The number of aromatic nitrogens is 2. The van der Waals surface area contributed by atoms with E-state index in [1.807, 2.05) is 22.8 Å². The van der Waals surface area contributed by atoms with Gasteiger partial charge < -0.3 is 4.74 Å². The van der Waals surface area contributed by atoms with Gasteiger partial charge in [-0.3, -0.25) is 9.36 Å². The lowest BCUT2D eigenvalue weighted by Crippen LogP contribution is -2.28. The largest absolute Gasteiger partial charge is 0.494 e. The molecular weight excluding hydrogens is 252 g/mol. The summed E-state index contributed by atoms with van der Waals surface area (Å²) < 4.78 is 7.15. The van der Waals surface area contributed by atoms with E-state index in [0.717, 1.165) is 12.3 Å². The zero-order valence-corrected chi connectivity index (χ0v) is 11.6. The van der Waals surface area contributed by atoms with Crippen molar-refractivity contribution in [1.82, 2.24) is 9.55 Å². The van der Waals surface area contributed by atoms with E-state index in [0.29, 0.717) is 28.6 Å². The first-order valence-electron chi connectivity index (χ1n) is 7.32. The molecule has 2 aromatic rings. The molecule has 2 aliphatic carbocycles. The predicted octanol–water partition coefficient (Wildman–Crippen LogP) is 2.77. The fourth-order valence-corrected chi connectivity index (χ4v) is 4.09. The molecule has 2 fully saturated rings. The van der Waals surface area contributed by atoms with Crippen LogP contribution < -0.4 is 10.3 Å². The van der Waals surface area contributed by atoms with E-state index in [-0.39, 0.29) is 5.56 Å². The van der Waals surface area contributed by atoms with Gasteiger partial charge in [-0.05, 0) is 43.2 Å². The minimum absolute atomic E-state index is 0.0754. The summed E-state index contributed by atoms with van der Waals surface area (Å²) in [7, 11) is 1.61. The van der Waals surface area contributed by atoms with E-state index in [9.17, 15) is 4.79 Å². The van der Waals surface area contributed by atoms with Gasteiger partial charge in [-0.2, -0.15) is 0 Å². The number of methoxy groups -OCH3 is 1. The Kier molecular flexibility index (Phi) is 2.59. The van der Waals surface area contributed by atoms with Gasteiger partial charge in [0.05, 0.1) is 18.8 Å². The Morgan fingerprint density at radius 1 is 1.30 bits per heavy atom. The van der Waals surface area contributed by atoms with Crippen LogP contribution in [0.1, 0.15) is 31.7 Å². The number of hydrogen-bond donors (Lipinski definition) is 0. The maximum absolute atomic E-state index is 12.7. The third-order valence-electron chi connectivity index (χ3n) is 5.05. The van der Waals surface area contributed by atoms with Crippen LogP contribution in [0.15, 0.2) is 29.3 Å². The highest BCUT2D eigenvalue weighted by Crippen LogP contribution is 2.50. The SMILES string of the molecule is COc1cccc2c(=O)n(C3CC4CCC3C4)cnc12. The highest BCUT2D eigenvalue weighted by atomic mass is 16.5. The second kappa shape index (κ2) is 4.33. The summed E-state index contributed by atoms with van der Waals surface area (Å²) in [6.45, 7) is 0. The molecule has 0 spiro atoms. The molecule has 0 saturated heterocycles. The van der Waals surface area contributed by atoms with Crippen molar-refractivity contribution >= 4 is 10.9 Å². The monoisotopic (exact) mass is 270 g/mol. The van der Waals surface area contributed by atoms with Gasteiger partial charge in [0.15, 0.2) is 0 Å². The van der Waals surface area contributed by atoms with E-state index in [1.54, 1.807) is 13.4 Å². The van der Waals surface area contributed by atoms with Gasteiger partial charge in [-0.1, -0.05) is 12.5 Å². The number of ether oxygens (including phenoxy) is 1. The molecule has 1 aromatic carbocycles. The molecule has 4 rings (SSSR count). The molecule has 3 unspecified atom stereocenters. The van der Waals surface area contributed by atoms with Gasteiger partial charge >= 0.3 is 0 Å². The van der Waals surface area contributed by atoms with Gasteiger partial charge in [0.1, 0.15) is 11.3 Å². The van der Waals surface area contributed by atoms with Crippen LogP contribution in [0.3, 0.4) is 0 Å². The Balaban J connectivity index is 1.86. The first-order chi connectivity index (χ1) is 9.78. The Morgan fingerprint density at radius 2 is 2.20 bits per heavy atom. The highest BCUT2D eigenvalue weighted by Gasteiger charge is 2.40. The molecule has 2 saturated carbocycles. The third kappa shape index (κ3) is 1.60. The smallest absolute Gasteiger partial charge is 0.261 e. The summed E-state index contributed by atoms with van der Waals surface area (Å²) in [6, 6.07) is 5.90. The van der Waals surface area contributed by atoms with Gasteiger partial charge in [0.2, 0.25) is 0 Å². The first-order valence-corrected chi connectivity index (χ1v) is 7.32. The van der Waals surface area contributed by atoms with Crippen LogP contribution in [0.2, 0.25) is 0 Å². The van der Waals surface area contributed by atoms with E-state index in [1.165, 1.54) is 19.3 Å². The summed E-state index contributed by atoms with van der Waals surface area (Å²) in [5.41, 5.74) is 0.742. The second-order valence-corrected chi connectivity index (χ2v) is 6.06. The molecule has 104 valence electrons. The van der Waals surface area contributed by atoms with Crippen molar-refractivity contribution in [1.29, 1.82) is 0 Å². The van der Waals surface area contributed by atoms with Crippen LogP contribution in [0.25, 0.3) is 10.9 Å². The lowest BCUT2D eigenvalue weighted by atomic mass is 9.95. The van der Waals surface area contributed by atoms with Crippen molar-refractivity contribution in [3.05, 3.63) is 34.9 Å². The van der Waals surface area contributed by atoms with Crippen LogP contribution in [0.4, 0.5) is 0 Å². The van der Waals surface area contributed by atoms with Crippen molar-refractivity contribution in [2.45, 2.75) is 31.7 Å². The lowest BCUT2D eigenvalue weighted by molar-refractivity contribution is 0.321. The molecule has 0 radical (unpaired) electrons. The third-order valence-corrected chi connectivity index (χ3v) is 5.05. The highest BCUT2D eigenvalue weighted by molar-refractivity contribution is 5.83. The topological polar surface area (TPSA) is 44.1 Å².